The van der Waals surface area contributed by atoms with E-state index in [2.05, 4.69) is 25.6 Å². The third-order valence-electron chi connectivity index (χ3n) is 5.04. The lowest BCUT2D eigenvalue weighted by molar-refractivity contribution is 0.325. The fourth-order valence-corrected chi connectivity index (χ4v) is 3.89. The summed E-state index contributed by atoms with van der Waals surface area (Å²) in [6.45, 7) is 5.68. The standard InChI is InChI=1S/C18H25N5O/c1-2-24-17-12-19-11-16(21-17)22-8-5-6-14(13-22)18-20-10-15-7-3-4-9-23(15)18/h10-12,14H,2-9,13H2,1H3. The Morgan fingerprint density at radius 3 is 3.04 bits per heavy atom. The number of aryl methyl sites for hydroxylation is 1. The van der Waals surface area contributed by atoms with Crippen molar-refractivity contribution in [1.82, 2.24) is 19.5 Å². The summed E-state index contributed by atoms with van der Waals surface area (Å²) in [4.78, 5) is 16.0. The normalized spacial score (nSPS) is 20.7. The second-order valence-corrected chi connectivity index (χ2v) is 6.65. The van der Waals surface area contributed by atoms with Gasteiger partial charge in [-0.1, -0.05) is 0 Å². The summed E-state index contributed by atoms with van der Waals surface area (Å²) in [6.07, 6.45) is 11.7. The van der Waals surface area contributed by atoms with Gasteiger partial charge in [0.05, 0.1) is 19.0 Å². The van der Waals surface area contributed by atoms with E-state index in [0.29, 0.717) is 18.4 Å². The highest BCUT2D eigenvalue weighted by molar-refractivity contribution is 5.39. The maximum absolute atomic E-state index is 5.49. The number of piperidine rings is 1. The number of imidazole rings is 1. The summed E-state index contributed by atoms with van der Waals surface area (Å²) in [6, 6.07) is 0. The van der Waals surface area contributed by atoms with E-state index >= 15 is 0 Å². The molecule has 0 radical (unpaired) electrons. The molecule has 1 saturated heterocycles. The number of aromatic nitrogens is 4. The van der Waals surface area contributed by atoms with Gasteiger partial charge in [-0.05, 0) is 39.0 Å². The minimum Gasteiger partial charge on any atom is -0.477 e. The molecular formula is C18H25N5O. The smallest absolute Gasteiger partial charge is 0.234 e. The lowest BCUT2D eigenvalue weighted by Crippen LogP contribution is -2.36. The van der Waals surface area contributed by atoms with Gasteiger partial charge in [-0.3, -0.25) is 4.98 Å². The summed E-state index contributed by atoms with van der Waals surface area (Å²) < 4.78 is 7.95. The van der Waals surface area contributed by atoms with Crippen molar-refractivity contribution in [2.75, 3.05) is 24.6 Å². The van der Waals surface area contributed by atoms with E-state index in [1.54, 1.807) is 6.20 Å². The highest BCUT2D eigenvalue weighted by Crippen LogP contribution is 2.31. The molecule has 6 nitrogen and oxygen atoms in total. The molecule has 6 heteroatoms. The van der Waals surface area contributed by atoms with Crippen LogP contribution >= 0.6 is 0 Å². The number of ether oxygens (including phenoxy) is 1. The van der Waals surface area contributed by atoms with Crippen LogP contribution in [-0.2, 0) is 13.0 Å². The molecule has 4 rings (SSSR count). The third-order valence-corrected chi connectivity index (χ3v) is 5.04. The van der Waals surface area contributed by atoms with Gasteiger partial charge in [0.1, 0.15) is 5.82 Å². The second-order valence-electron chi connectivity index (χ2n) is 6.65. The Hall–Kier alpha value is -2.11. The molecule has 2 aromatic rings. The molecule has 0 aromatic carbocycles. The van der Waals surface area contributed by atoms with E-state index in [9.17, 15) is 0 Å². The van der Waals surface area contributed by atoms with Crippen molar-refractivity contribution < 1.29 is 4.74 Å². The fraction of sp³-hybridized carbons (Fsp3) is 0.611. The van der Waals surface area contributed by atoms with Gasteiger partial charge in [0, 0.05) is 37.4 Å². The molecule has 0 bridgehead atoms. The van der Waals surface area contributed by atoms with Crippen LogP contribution in [0.5, 0.6) is 5.88 Å². The van der Waals surface area contributed by atoms with Crippen LogP contribution in [0.4, 0.5) is 5.82 Å². The maximum Gasteiger partial charge on any atom is 0.234 e. The monoisotopic (exact) mass is 327 g/mol. The molecule has 2 aliphatic rings. The van der Waals surface area contributed by atoms with E-state index in [0.717, 1.165) is 31.9 Å². The average molecular weight is 327 g/mol. The first-order valence-corrected chi connectivity index (χ1v) is 9.09. The van der Waals surface area contributed by atoms with E-state index in [1.807, 2.05) is 13.1 Å². The molecular weight excluding hydrogens is 302 g/mol. The van der Waals surface area contributed by atoms with Crippen LogP contribution in [0.3, 0.4) is 0 Å². The minimum absolute atomic E-state index is 0.475. The molecule has 1 atom stereocenters. The lowest BCUT2D eigenvalue weighted by atomic mass is 9.96. The first-order chi connectivity index (χ1) is 11.8. The zero-order valence-electron chi connectivity index (χ0n) is 14.3. The van der Waals surface area contributed by atoms with Crippen molar-refractivity contribution in [2.45, 2.75) is 51.5 Å². The summed E-state index contributed by atoms with van der Waals surface area (Å²) in [5.41, 5.74) is 1.41. The number of rotatable bonds is 4. The molecule has 1 unspecified atom stereocenters. The predicted molar refractivity (Wildman–Crippen MR) is 92.6 cm³/mol. The molecule has 4 heterocycles. The molecule has 128 valence electrons. The van der Waals surface area contributed by atoms with Crippen LogP contribution in [0.1, 0.15) is 50.0 Å². The SMILES string of the molecule is CCOc1cncc(N2CCCC(c3ncc4n3CCCC4)C2)n1. The Kier molecular flexibility index (Phi) is 4.36. The number of hydrogen-bond acceptors (Lipinski definition) is 5. The summed E-state index contributed by atoms with van der Waals surface area (Å²) in [5.74, 6) is 3.26. The van der Waals surface area contributed by atoms with Crippen LogP contribution in [0.15, 0.2) is 18.6 Å². The molecule has 24 heavy (non-hydrogen) atoms. The van der Waals surface area contributed by atoms with Gasteiger partial charge in [0.15, 0.2) is 5.82 Å². The van der Waals surface area contributed by atoms with Crippen LogP contribution in [0, 0.1) is 0 Å². The molecule has 2 aromatic heterocycles. The van der Waals surface area contributed by atoms with Crippen molar-refractivity contribution in [3.8, 4) is 5.88 Å². The zero-order valence-corrected chi connectivity index (χ0v) is 14.3. The minimum atomic E-state index is 0.475. The molecule has 0 amide bonds. The molecule has 2 aliphatic heterocycles. The number of hydrogen-bond donors (Lipinski definition) is 0. The van der Waals surface area contributed by atoms with Gasteiger partial charge in [0.2, 0.25) is 5.88 Å². The Morgan fingerprint density at radius 1 is 1.17 bits per heavy atom. The van der Waals surface area contributed by atoms with Crippen molar-refractivity contribution >= 4 is 5.82 Å². The molecule has 0 N–H and O–H groups in total. The predicted octanol–water partition coefficient (Wildman–Crippen LogP) is 2.79. The molecule has 0 saturated carbocycles. The largest absolute Gasteiger partial charge is 0.477 e. The van der Waals surface area contributed by atoms with Crippen LogP contribution in [-0.4, -0.2) is 39.2 Å². The van der Waals surface area contributed by atoms with Gasteiger partial charge < -0.3 is 14.2 Å². The first-order valence-electron chi connectivity index (χ1n) is 9.09. The van der Waals surface area contributed by atoms with Crippen molar-refractivity contribution in [3.63, 3.8) is 0 Å². The van der Waals surface area contributed by atoms with Crippen LogP contribution in [0.2, 0.25) is 0 Å². The zero-order chi connectivity index (χ0) is 16.4. The highest BCUT2D eigenvalue weighted by atomic mass is 16.5. The molecule has 0 spiro atoms. The van der Waals surface area contributed by atoms with Crippen LogP contribution in [0.25, 0.3) is 0 Å². The number of nitrogens with zero attached hydrogens (tertiary/aromatic N) is 5. The van der Waals surface area contributed by atoms with Gasteiger partial charge in [-0.25, -0.2) is 4.98 Å². The van der Waals surface area contributed by atoms with E-state index in [-0.39, 0.29) is 0 Å². The van der Waals surface area contributed by atoms with E-state index in [4.69, 9.17) is 9.72 Å². The van der Waals surface area contributed by atoms with Crippen molar-refractivity contribution in [2.24, 2.45) is 0 Å². The van der Waals surface area contributed by atoms with E-state index < -0.39 is 0 Å². The lowest BCUT2D eigenvalue weighted by Gasteiger charge is -2.33. The van der Waals surface area contributed by atoms with Gasteiger partial charge in [0.25, 0.3) is 0 Å². The quantitative estimate of drug-likeness (QED) is 0.864. The van der Waals surface area contributed by atoms with Crippen molar-refractivity contribution in [3.05, 3.63) is 30.1 Å². The maximum atomic E-state index is 5.49. The Balaban J connectivity index is 1.53. The second kappa shape index (κ2) is 6.79. The number of anilines is 1. The van der Waals surface area contributed by atoms with Crippen LogP contribution < -0.4 is 9.64 Å². The third kappa shape index (κ3) is 2.97. The first kappa shape index (κ1) is 15.4. The van der Waals surface area contributed by atoms with Gasteiger partial charge in [-0.15, -0.1) is 0 Å². The van der Waals surface area contributed by atoms with Gasteiger partial charge >= 0.3 is 0 Å². The highest BCUT2D eigenvalue weighted by Gasteiger charge is 2.27. The Bertz CT molecular complexity index is 698. The Labute approximate surface area is 142 Å². The summed E-state index contributed by atoms with van der Waals surface area (Å²) >= 11 is 0. The fourth-order valence-electron chi connectivity index (χ4n) is 3.89. The topological polar surface area (TPSA) is 56.1 Å². The Morgan fingerprint density at radius 2 is 2.12 bits per heavy atom. The average Bonchev–Trinajstić information content (AvgIpc) is 3.07. The van der Waals surface area contributed by atoms with Crippen molar-refractivity contribution in [1.29, 1.82) is 0 Å². The summed E-state index contributed by atoms with van der Waals surface area (Å²) in [5, 5.41) is 0. The molecule has 0 aliphatic carbocycles. The van der Waals surface area contributed by atoms with Gasteiger partial charge in [-0.2, -0.15) is 4.98 Å². The molecule has 1 fully saturated rings. The summed E-state index contributed by atoms with van der Waals surface area (Å²) in [7, 11) is 0. The number of fused-ring (bicyclic) bond motifs is 1. The van der Waals surface area contributed by atoms with E-state index in [1.165, 1.54) is 37.2 Å².